The standard InChI is InChI=1S/C23H25N3O3/c1-17-14-26(23(28)24-22(17)27)19-8-6-12-25(16-19)15-18-7-5-11-21(13-18)29-20-9-3-2-4-10-20/h2-5,7,9-11,13-14,19H,6,8,12,15-16H2,1H3,(H,24,27,28)/t19-/m1/s1. The van der Waals surface area contributed by atoms with E-state index in [-0.39, 0.29) is 17.3 Å². The van der Waals surface area contributed by atoms with Gasteiger partial charge in [0.1, 0.15) is 11.5 Å². The summed E-state index contributed by atoms with van der Waals surface area (Å²) in [4.78, 5) is 28.7. The van der Waals surface area contributed by atoms with Gasteiger partial charge < -0.3 is 4.74 Å². The van der Waals surface area contributed by atoms with Crippen LogP contribution in [0.4, 0.5) is 0 Å². The average Bonchev–Trinajstić information content (AvgIpc) is 2.72. The number of aryl methyl sites for hydroxylation is 1. The number of aromatic amines is 1. The van der Waals surface area contributed by atoms with E-state index in [1.807, 2.05) is 42.5 Å². The van der Waals surface area contributed by atoms with Gasteiger partial charge in [0.25, 0.3) is 5.56 Å². The predicted molar refractivity (Wildman–Crippen MR) is 113 cm³/mol. The zero-order valence-electron chi connectivity index (χ0n) is 16.5. The summed E-state index contributed by atoms with van der Waals surface area (Å²) >= 11 is 0. The van der Waals surface area contributed by atoms with Crippen LogP contribution in [-0.4, -0.2) is 27.5 Å². The molecular formula is C23H25N3O3. The summed E-state index contributed by atoms with van der Waals surface area (Å²) in [5.41, 5.74) is 1.09. The largest absolute Gasteiger partial charge is 0.457 e. The topological polar surface area (TPSA) is 67.3 Å². The zero-order valence-corrected chi connectivity index (χ0v) is 16.5. The van der Waals surface area contributed by atoms with E-state index in [1.54, 1.807) is 17.7 Å². The first-order chi connectivity index (χ1) is 14.1. The van der Waals surface area contributed by atoms with Gasteiger partial charge in [0.2, 0.25) is 0 Å². The highest BCUT2D eigenvalue weighted by molar-refractivity contribution is 5.33. The van der Waals surface area contributed by atoms with Gasteiger partial charge in [0.15, 0.2) is 0 Å². The van der Waals surface area contributed by atoms with Crippen LogP contribution < -0.4 is 16.0 Å². The highest BCUT2D eigenvalue weighted by Gasteiger charge is 2.22. The molecule has 1 aliphatic heterocycles. The molecule has 1 fully saturated rings. The van der Waals surface area contributed by atoms with Crippen LogP contribution in [0.2, 0.25) is 0 Å². The minimum atomic E-state index is -0.328. The predicted octanol–water partition coefficient (Wildman–Crippen LogP) is 3.47. The molecule has 6 heteroatoms. The fraction of sp³-hybridized carbons (Fsp3) is 0.304. The molecule has 6 nitrogen and oxygen atoms in total. The van der Waals surface area contributed by atoms with E-state index in [0.717, 1.165) is 44.0 Å². The monoisotopic (exact) mass is 391 g/mol. The molecule has 0 aliphatic carbocycles. The molecule has 0 spiro atoms. The molecule has 2 heterocycles. The molecule has 29 heavy (non-hydrogen) atoms. The quantitative estimate of drug-likeness (QED) is 0.723. The summed E-state index contributed by atoms with van der Waals surface area (Å²) in [6, 6.07) is 17.9. The SMILES string of the molecule is Cc1cn([C@@H]2CCCN(Cc3cccc(Oc4ccccc4)c3)C2)c(=O)[nH]c1=O. The van der Waals surface area contributed by atoms with Gasteiger partial charge >= 0.3 is 5.69 Å². The Balaban J connectivity index is 1.46. The Morgan fingerprint density at radius 2 is 1.86 bits per heavy atom. The van der Waals surface area contributed by atoms with E-state index in [1.165, 1.54) is 5.56 Å². The van der Waals surface area contributed by atoms with Crippen LogP contribution >= 0.6 is 0 Å². The maximum absolute atomic E-state index is 12.2. The summed E-state index contributed by atoms with van der Waals surface area (Å²) in [6.45, 7) is 4.28. The molecular weight excluding hydrogens is 366 g/mol. The highest BCUT2D eigenvalue weighted by Crippen LogP contribution is 2.25. The van der Waals surface area contributed by atoms with Gasteiger partial charge in [0, 0.05) is 24.8 Å². The first-order valence-electron chi connectivity index (χ1n) is 9.95. The minimum absolute atomic E-state index is 0.0653. The molecule has 0 radical (unpaired) electrons. The van der Waals surface area contributed by atoms with Crippen LogP contribution in [0.5, 0.6) is 11.5 Å². The third-order valence-electron chi connectivity index (χ3n) is 5.30. The molecule has 3 aromatic rings. The second-order valence-electron chi connectivity index (χ2n) is 7.57. The van der Waals surface area contributed by atoms with E-state index in [0.29, 0.717) is 5.56 Å². The number of H-pyrrole nitrogens is 1. The van der Waals surface area contributed by atoms with Crippen molar-refractivity contribution in [1.29, 1.82) is 0 Å². The Morgan fingerprint density at radius 3 is 2.69 bits per heavy atom. The van der Waals surface area contributed by atoms with E-state index in [2.05, 4.69) is 22.0 Å². The first-order valence-corrected chi connectivity index (χ1v) is 9.95. The molecule has 1 aromatic heterocycles. The summed E-state index contributed by atoms with van der Waals surface area (Å²) in [5.74, 6) is 1.63. The lowest BCUT2D eigenvalue weighted by atomic mass is 10.0. The number of hydrogen-bond donors (Lipinski definition) is 1. The van der Waals surface area contributed by atoms with Gasteiger partial charge in [-0.1, -0.05) is 30.3 Å². The lowest BCUT2D eigenvalue weighted by Crippen LogP contribution is -2.41. The smallest absolute Gasteiger partial charge is 0.328 e. The lowest BCUT2D eigenvalue weighted by Gasteiger charge is -2.33. The van der Waals surface area contributed by atoms with Crippen molar-refractivity contribution in [2.24, 2.45) is 0 Å². The summed E-state index contributed by atoms with van der Waals surface area (Å²) in [6.07, 6.45) is 3.62. The van der Waals surface area contributed by atoms with Crippen molar-refractivity contribution in [3.05, 3.63) is 92.8 Å². The number of para-hydroxylation sites is 1. The second-order valence-corrected chi connectivity index (χ2v) is 7.57. The van der Waals surface area contributed by atoms with E-state index < -0.39 is 0 Å². The highest BCUT2D eigenvalue weighted by atomic mass is 16.5. The Bertz CT molecular complexity index is 1090. The van der Waals surface area contributed by atoms with Gasteiger partial charge in [-0.3, -0.25) is 19.2 Å². The number of nitrogens with one attached hydrogen (secondary N) is 1. The molecule has 0 amide bonds. The molecule has 0 bridgehead atoms. The number of ether oxygens (including phenoxy) is 1. The van der Waals surface area contributed by atoms with E-state index >= 15 is 0 Å². The van der Waals surface area contributed by atoms with E-state index in [9.17, 15) is 9.59 Å². The van der Waals surface area contributed by atoms with Crippen molar-refractivity contribution in [2.45, 2.75) is 32.4 Å². The zero-order chi connectivity index (χ0) is 20.2. The van der Waals surface area contributed by atoms with E-state index in [4.69, 9.17) is 4.74 Å². The number of aromatic nitrogens is 2. The van der Waals surface area contributed by atoms with Crippen LogP contribution in [0.3, 0.4) is 0 Å². The number of hydrogen-bond acceptors (Lipinski definition) is 4. The van der Waals surface area contributed by atoms with Gasteiger partial charge in [-0.2, -0.15) is 0 Å². The molecule has 2 aromatic carbocycles. The van der Waals surface area contributed by atoms with Gasteiger partial charge in [0.05, 0.1) is 6.04 Å². The fourth-order valence-electron chi connectivity index (χ4n) is 3.85. The van der Waals surface area contributed by atoms with Crippen LogP contribution in [0.15, 0.2) is 70.4 Å². The maximum Gasteiger partial charge on any atom is 0.328 e. The van der Waals surface area contributed by atoms with Crippen LogP contribution in [0.25, 0.3) is 0 Å². The van der Waals surface area contributed by atoms with Crippen molar-refractivity contribution in [1.82, 2.24) is 14.5 Å². The van der Waals surface area contributed by atoms with Crippen molar-refractivity contribution < 1.29 is 4.74 Å². The van der Waals surface area contributed by atoms with Gasteiger partial charge in [-0.05, 0) is 56.1 Å². The molecule has 1 N–H and O–H groups in total. The molecule has 0 unspecified atom stereocenters. The fourth-order valence-corrected chi connectivity index (χ4v) is 3.85. The third-order valence-corrected chi connectivity index (χ3v) is 5.30. The number of rotatable bonds is 5. The van der Waals surface area contributed by atoms with Gasteiger partial charge in [-0.15, -0.1) is 0 Å². The van der Waals surface area contributed by atoms with Crippen LogP contribution in [0, 0.1) is 6.92 Å². The third kappa shape index (κ3) is 4.66. The Morgan fingerprint density at radius 1 is 1.07 bits per heavy atom. The van der Waals surface area contributed by atoms with Gasteiger partial charge in [-0.25, -0.2) is 4.79 Å². The molecule has 0 saturated carbocycles. The minimum Gasteiger partial charge on any atom is -0.457 e. The van der Waals surface area contributed by atoms with Crippen LogP contribution in [0.1, 0.15) is 30.0 Å². The average molecular weight is 391 g/mol. The Hall–Kier alpha value is -3.12. The molecule has 1 atom stereocenters. The number of nitrogens with zero attached hydrogens (tertiary/aromatic N) is 2. The molecule has 4 rings (SSSR count). The summed E-state index contributed by atoms with van der Waals surface area (Å²) in [5, 5.41) is 0. The molecule has 150 valence electrons. The van der Waals surface area contributed by atoms with Crippen molar-refractivity contribution in [2.75, 3.05) is 13.1 Å². The second kappa shape index (κ2) is 8.49. The van der Waals surface area contributed by atoms with Crippen molar-refractivity contribution >= 4 is 0 Å². The molecule has 1 saturated heterocycles. The first kappa shape index (κ1) is 19.2. The number of benzene rings is 2. The van der Waals surface area contributed by atoms with Crippen molar-refractivity contribution in [3.63, 3.8) is 0 Å². The summed E-state index contributed by atoms with van der Waals surface area (Å²) in [7, 11) is 0. The number of piperidine rings is 1. The normalized spacial score (nSPS) is 17.2. The van der Waals surface area contributed by atoms with Crippen LogP contribution in [-0.2, 0) is 6.54 Å². The lowest BCUT2D eigenvalue weighted by molar-refractivity contribution is 0.167. The Labute approximate surface area is 169 Å². The molecule has 1 aliphatic rings. The summed E-state index contributed by atoms with van der Waals surface area (Å²) < 4.78 is 7.62. The van der Waals surface area contributed by atoms with Crippen molar-refractivity contribution in [3.8, 4) is 11.5 Å². The Kier molecular flexibility index (Phi) is 5.62. The maximum atomic E-state index is 12.2. The number of likely N-dealkylation sites (tertiary alicyclic amines) is 1.